The summed E-state index contributed by atoms with van der Waals surface area (Å²) in [7, 11) is 0. The van der Waals surface area contributed by atoms with Gasteiger partial charge in [0.05, 0.1) is 0 Å². The Balaban J connectivity index is 1.97. The molecule has 0 unspecified atom stereocenters. The monoisotopic (exact) mass is 180 g/mol. The van der Waals surface area contributed by atoms with Crippen LogP contribution in [-0.2, 0) is 9.53 Å². The van der Waals surface area contributed by atoms with E-state index in [0.29, 0.717) is 0 Å². The zero-order valence-corrected chi connectivity index (χ0v) is 8.08. The first-order valence-electron chi connectivity index (χ1n) is 5.10. The fraction of sp³-hybridized carbons (Fsp3) is 0.727. The van der Waals surface area contributed by atoms with Gasteiger partial charge in [-0.1, -0.05) is 6.08 Å². The van der Waals surface area contributed by atoms with Crippen LogP contribution in [0.2, 0.25) is 0 Å². The molecule has 2 fully saturated rings. The van der Waals surface area contributed by atoms with Crippen LogP contribution in [0.4, 0.5) is 0 Å². The van der Waals surface area contributed by atoms with Gasteiger partial charge in [-0.05, 0) is 44.9 Å². The molecule has 2 rings (SSSR count). The molecule has 2 saturated carbocycles. The van der Waals surface area contributed by atoms with Gasteiger partial charge in [0.25, 0.3) is 0 Å². The molecule has 0 aromatic carbocycles. The molecule has 0 aliphatic heterocycles. The second-order valence-electron chi connectivity index (χ2n) is 4.25. The van der Waals surface area contributed by atoms with Crippen molar-refractivity contribution in [3.63, 3.8) is 0 Å². The molecule has 0 saturated heterocycles. The predicted octanol–water partition coefficient (Wildman–Crippen LogP) is 2.44. The summed E-state index contributed by atoms with van der Waals surface area (Å²) in [5.41, 5.74) is -0.0682. The molecule has 0 spiro atoms. The van der Waals surface area contributed by atoms with Crippen LogP contribution in [0.3, 0.4) is 0 Å². The summed E-state index contributed by atoms with van der Waals surface area (Å²) in [4.78, 5) is 11.3. The number of esters is 1. The Bertz CT molecular complexity index is 234. The number of hydrogen-bond acceptors (Lipinski definition) is 2. The lowest BCUT2D eigenvalue weighted by Gasteiger charge is -2.25. The van der Waals surface area contributed by atoms with Crippen molar-refractivity contribution in [1.82, 2.24) is 0 Å². The van der Waals surface area contributed by atoms with Crippen LogP contribution >= 0.6 is 0 Å². The van der Waals surface area contributed by atoms with Gasteiger partial charge >= 0.3 is 5.97 Å². The number of hydrogen-bond donors (Lipinski definition) is 0. The molecule has 2 nitrogen and oxygen atoms in total. The normalized spacial score (nSPS) is 37.2. The quantitative estimate of drug-likeness (QED) is 0.482. The van der Waals surface area contributed by atoms with Gasteiger partial charge in [-0.2, -0.15) is 0 Å². The van der Waals surface area contributed by atoms with E-state index in [1.165, 1.54) is 18.9 Å². The topological polar surface area (TPSA) is 26.3 Å². The van der Waals surface area contributed by atoms with Crippen molar-refractivity contribution >= 4 is 5.97 Å². The van der Waals surface area contributed by atoms with Crippen molar-refractivity contribution in [3.8, 4) is 0 Å². The summed E-state index contributed by atoms with van der Waals surface area (Å²) in [6, 6.07) is 0. The summed E-state index contributed by atoms with van der Waals surface area (Å²) in [6.07, 6.45) is 9.03. The highest BCUT2D eigenvalue weighted by Gasteiger charge is 2.47. The van der Waals surface area contributed by atoms with E-state index in [4.69, 9.17) is 4.74 Å². The summed E-state index contributed by atoms with van der Waals surface area (Å²) >= 11 is 0. The van der Waals surface area contributed by atoms with Crippen LogP contribution in [0, 0.1) is 5.92 Å². The van der Waals surface area contributed by atoms with Crippen LogP contribution in [0.25, 0.3) is 0 Å². The Morgan fingerprint density at radius 3 is 2.62 bits per heavy atom. The van der Waals surface area contributed by atoms with Crippen LogP contribution in [0.15, 0.2) is 12.2 Å². The second kappa shape index (κ2) is 3.17. The Labute approximate surface area is 79.0 Å². The van der Waals surface area contributed by atoms with Crippen molar-refractivity contribution in [2.45, 2.75) is 44.6 Å². The van der Waals surface area contributed by atoms with E-state index < -0.39 is 0 Å². The van der Waals surface area contributed by atoms with Gasteiger partial charge < -0.3 is 4.74 Å². The third kappa shape index (κ3) is 1.62. The van der Waals surface area contributed by atoms with Gasteiger partial charge in [0.2, 0.25) is 0 Å². The maximum absolute atomic E-state index is 11.3. The highest BCUT2D eigenvalue weighted by atomic mass is 16.6. The number of carbonyl (C=O) groups is 1. The third-order valence-corrected chi connectivity index (χ3v) is 3.30. The smallest absolute Gasteiger partial charge is 0.330 e. The zero-order valence-electron chi connectivity index (χ0n) is 8.08. The van der Waals surface area contributed by atoms with Gasteiger partial charge in [-0.15, -0.1) is 0 Å². The molecule has 2 heteroatoms. The van der Waals surface area contributed by atoms with Gasteiger partial charge in [-0.3, -0.25) is 0 Å². The highest BCUT2D eigenvalue weighted by molar-refractivity contribution is 5.82. The van der Waals surface area contributed by atoms with E-state index in [2.05, 4.69) is 0 Å². The molecule has 2 aliphatic rings. The lowest BCUT2D eigenvalue weighted by molar-refractivity contribution is -0.152. The molecule has 0 heterocycles. The predicted molar refractivity (Wildman–Crippen MR) is 50.2 cm³/mol. The molecule has 0 N–H and O–H groups in total. The van der Waals surface area contributed by atoms with E-state index in [0.717, 1.165) is 25.2 Å². The van der Waals surface area contributed by atoms with E-state index in [-0.39, 0.29) is 11.6 Å². The van der Waals surface area contributed by atoms with Crippen molar-refractivity contribution < 1.29 is 9.53 Å². The van der Waals surface area contributed by atoms with Gasteiger partial charge in [-0.25, -0.2) is 4.79 Å². The second-order valence-corrected chi connectivity index (χ2v) is 4.25. The molecule has 0 aromatic rings. The van der Waals surface area contributed by atoms with Gasteiger partial charge in [0.1, 0.15) is 5.60 Å². The molecule has 0 radical (unpaired) electrons. The van der Waals surface area contributed by atoms with Gasteiger partial charge in [0, 0.05) is 6.08 Å². The van der Waals surface area contributed by atoms with E-state index in [1.54, 1.807) is 6.08 Å². The number of ether oxygens (including phenoxy) is 1. The van der Waals surface area contributed by atoms with Crippen molar-refractivity contribution in [2.24, 2.45) is 5.92 Å². The lowest BCUT2D eigenvalue weighted by atomic mass is 9.97. The largest absolute Gasteiger partial charge is 0.456 e. The standard InChI is InChI=1S/C11H16O2/c1-2-3-10(12)13-11-6-4-9(8-11)5-7-11/h2-3,9H,4-8H2,1H3. The van der Waals surface area contributed by atoms with Crippen LogP contribution in [0.5, 0.6) is 0 Å². The molecular weight excluding hydrogens is 164 g/mol. The van der Waals surface area contributed by atoms with E-state index in [9.17, 15) is 4.79 Å². The minimum atomic E-state index is -0.162. The number of allylic oxidation sites excluding steroid dienone is 1. The highest BCUT2D eigenvalue weighted by Crippen LogP contribution is 2.49. The molecular formula is C11H16O2. The van der Waals surface area contributed by atoms with Crippen molar-refractivity contribution in [3.05, 3.63) is 12.2 Å². The minimum absolute atomic E-state index is 0.0682. The first kappa shape index (κ1) is 8.79. The van der Waals surface area contributed by atoms with Crippen molar-refractivity contribution in [2.75, 3.05) is 0 Å². The third-order valence-electron chi connectivity index (χ3n) is 3.30. The van der Waals surface area contributed by atoms with Crippen molar-refractivity contribution in [1.29, 1.82) is 0 Å². The fourth-order valence-electron chi connectivity index (χ4n) is 2.67. The Morgan fingerprint density at radius 2 is 2.15 bits per heavy atom. The minimum Gasteiger partial charge on any atom is -0.456 e. The van der Waals surface area contributed by atoms with Crippen LogP contribution in [0.1, 0.15) is 39.0 Å². The van der Waals surface area contributed by atoms with E-state index >= 15 is 0 Å². The number of fused-ring (bicyclic) bond motifs is 2. The maximum atomic E-state index is 11.3. The van der Waals surface area contributed by atoms with Crippen LogP contribution in [-0.4, -0.2) is 11.6 Å². The number of rotatable bonds is 2. The lowest BCUT2D eigenvalue weighted by Crippen LogP contribution is -2.29. The summed E-state index contributed by atoms with van der Waals surface area (Å²) < 4.78 is 5.50. The molecule has 2 bridgehead atoms. The van der Waals surface area contributed by atoms with Gasteiger partial charge in [0.15, 0.2) is 0 Å². The Morgan fingerprint density at radius 1 is 1.46 bits per heavy atom. The molecule has 13 heavy (non-hydrogen) atoms. The summed E-state index contributed by atoms with van der Waals surface area (Å²) in [6.45, 7) is 1.84. The Kier molecular flexibility index (Phi) is 2.14. The molecule has 0 amide bonds. The summed E-state index contributed by atoms with van der Waals surface area (Å²) in [5, 5.41) is 0. The fourth-order valence-corrected chi connectivity index (χ4v) is 2.67. The van der Waals surface area contributed by atoms with Crippen LogP contribution < -0.4 is 0 Å². The summed E-state index contributed by atoms with van der Waals surface area (Å²) in [5.74, 6) is 0.670. The molecule has 0 aromatic heterocycles. The SMILES string of the molecule is CC=CC(=O)OC12CCC(CC1)C2. The first-order chi connectivity index (χ1) is 6.24. The number of carbonyl (C=O) groups excluding carboxylic acids is 1. The van der Waals surface area contributed by atoms with E-state index in [1.807, 2.05) is 6.92 Å². The maximum Gasteiger partial charge on any atom is 0.330 e. The molecule has 72 valence electrons. The average Bonchev–Trinajstić information content (AvgIpc) is 2.63. The molecule has 2 aliphatic carbocycles. The Hall–Kier alpha value is -0.790. The molecule has 0 atom stereocenters. The average molecular weight is 180 g/mol. The first-order valence-corrected chi connectivity index (χ1v) is 5.10. The zero-order chi connectivity index (χ0) is 9.31.